The van der Waals surface area contributed by atoms with E-state index in [9.17, 15) is 27.5 Å². The zero-order valence-electron chi connectivity index (χ0n) is 17.8. The average Bonchev–Trinajstić information content (AvgIpc) is 3.11. The SMILES string of the molecule is Cc1cccc(C(F)(F)F)c1Cn1nc(-c2cc(O)c(C(=O)O)cc2F)c2c(F)c(C)ccc21. The quantitative estimate of drug-likeness (QED) is 0.351. The largest absolute Gasteiger partial charge is 0.507 e. The smallest absolute Gasteiger partial charge is 0.416 e. The van der Waals surface area contributed by atoms with Gasteiger partial charge in [0.05, 0.1) is 23.0 Å². The van der Waals surface area contributed by atoms with Gasteiger partial charge in [-0.2, -0.15) is 18.3 Å². The van der Waals surface area contributed by atoms with Crippen molar-refractivity contribution in [2.24, 2.45) is 0 Å². The van der Waals surface area contributed by atoms with Crippen LogP contribution in [0.4, 0.5) is 22.0 Å². The van der Waals surface area contributed by atoms with Gasteiger partial charge >= 0.3 is 12.1 Å². The van der Waals surface area contributed by atoms with Crippen LogP contribution in [0.3, 0.4) is 0 Å². The summed E-state index contributed by atoms with van der Waals surface area (Å²) in [7, 11) is 0. The van der Waals surface area contributed by atoms with Crippen molar-refractivity contribution in [2.75, 3.05) is 0 Å². The third-order valence-corrected chi connectivity index (χ3v) is 5.64. The fraction of sp³-hybridized carbons (Fsp3) is 0.167. The number of alkyl halides is 3. The molecule has 0 aliphatic rings. The summed E-state index contributed by atoms with van der Waals surface area (Å²) in [6, 6.07) is 7.98. The van der Waals surface area contributed by atoms with E-state index < -0.39 is 46.2 Å². The summed E-state index contributed by atoms with van der Waals surface area (Å²) in [5, 5.41) is 23.2. The van der Waals surface area contributed by atoms with Crippen LogP contribution in [0.25, 0.3) is 22.2 Å². The first kappa shape index (κ1) is 23.2. The second-order valence-electron chi connectivity index (χ2n) is 7.85. The van der Waals surface area contributed by atoms with Crippen LogP contribution in [0, 0.1) is 25.5 Å². The highest BCUT2D eigenvalue weighted by atomic mass is 19.4. The fourth-order valence-electron chi connectivity index (χ4n) is 3.89. The van der Waals surface area contributed by atoms with Gasteiger partial charge in [-0.25, -0.2) is 13.6 Å². The van der Waals surface area contributed by atoms with Gasteiger partial charge in [-0.1, -0.05) is 18.2 Å². The predicted molar refractivity (Wildman–Crippen MR) is 114 cm³/mol. The van der Waals surface area contributed by atoms with Crippen LogP contribution >= 0.6 is 0 Å². The molecule has 4 rings (SSSR count). The molecule has 0 unspecified atom stereocenters. The van der Waals surface area contributed by atoms with Crippen molar-refractivity contribution in [3.63, 3.8) is 0 Å². The molecule has 0 fully saturated rings. The Kier molecular flexibility index (Phi) is 5.55. The van der Waals surface area contributed by atoms with E-state index in [1.54, 1.807) is 0 Å². The molecule has 2 N–H and O–H groups in total. The zero-order chi connectivity index (χ0) is 24.9. The monoisotopic (exact) mass is 476 g/mol. The number of rotatable bonds is 4. The van der Waals surface area contributed by atoms with Crippen molar-refractivity contribution < 1.29 is 37.0 Å². The third kappa shape index (κ3) is 3.85. The van der Waals surface area contributed by atoms with Crippen molar-refractivity contribution in [1.29, 1.82) is 0 Å². The first-order valence-corrected chi connectivity index (χ1v) is 9.97. The number of aromatic hydroxyl groups is 1. The Labute approximate surface area is 189 Å². The normalized spacial score (nSPS) is 11.9. The van der Waals surface area contributed by atoms with Crippen LogP contribution in [0.15, 0.2) is 42.5 Å². The molecule has 5 nitrogen and oxygen atoms in total. The highest BCUT2D eigenvalue weighted by Crippen LogP contribution is 2.38. The van der Waals surface area contributed by atoms with E-state index in [1.807, 2.05) is 0 Å². The molecule has 3 aromatic carbocycles. The van der Waals surface area contributed by atoms with Gasteiger partial charge in [0.15, 0.2) is 0 Å². The molecule has 0 saturated heterocycles. The van der Waals surface area contributed by atoms with Crippen LogP contribution in [0.2, 0.25) is 0 Å². The lowest BCUT2D eigenvalue weighted by atomic mass is 10.0. The molecule has 0 saturated carbocycles. The summed E-state index contributed by atoms with van der Waals surface area (Å²) in [4.78, 5) is 11.2. The van der Waals surface area contributed by atoms with Gasteiger partial charge in [0.25, 0.3) is 0 Å². The molecule has 0 aliphatic heterocycles. The Morgan fingerprint density at radius 3 is 2.41 bits per heavy atom. The number of carboxylic acid groups (broad SMARTS) is 1. The number of hydrogen-bond donors (Lipinski definition) is 2. The topological polar surface area (TPSA) is 75.3 Å². The Bertz CT molecular complexity index is 1460. The van der Waals surface area contributed by atoms with E-state index in [2.05, 4.69) is 5.10 Å². The molecular formula is C24H17F5N2O3. The van der Waals surface area contributed by atoms with Crippen molar-refractivity contribution in [3.05, 3.63) is 81.9 Å². The molecule has 0 aliphatic carbocycles. The first-order chi connectivity index (χ1) is 15.9. The minimum Gasteiger partial charge on any atom is -0.507 e. The van der Waals surface area contributed by atoms with Gasteiger partial charge in [-0.05, 0) is 54.8 Å². The van der Waals surface area contributed by atoms with Gasteiger partial charge in [-0.3, -0.25) is 4.68 Å². The molecule has 1 aromatic heterocycles. The highest BCUT2D eigenvalue weighted by Gasteiger charge is 2.34. The molecule has 0 atom stereocenters. The lowest BCUT2D eigenvalue weighted by Crippen LogP contribution is -2.14. The summed E-state index contributed by atoms with van der Waals surface area (Å²) in [6.07, 6.45) is -4.64. The number of aromatic nitrogens is 2. The number of fused-ring (bicyclic) bond motifs is 1. The maximum atomic E-state index is 15.2. The lowest BCUT2D eigenvalue weighted by Gasteiger charge is -2.15. The van der Waals surface area contributed by atoms with Crippen LogP contribution < -0.4 is 0 Å². The summed E-state index contributed by atoms with van der Waals surface area (Å²) < 4.78 is 72.0. The minimum atomic E-state index is -4.64. The van der Waals surface area contributed by atoms with Crippen LogP contribution in [0.1, 0.15) is 32.6 Å². The second-order valence-corrected chi connectivity index (χ2v) is 7.85. The number of nitrogens with zero attached hydrogens (tertiary/aromatic N) is 2. The van der Waals surface area contributed by atoms with Crippen LogP contribution in [0.5, 0.6) is 5.75 Å². The average molecular weight is 476 g/mol. The maximum Gasteiger partial charge on any atom is 0.416 e. The van der Waals surface area contributed by atoms with Gasteiger partial charge in [0.2, 0.25) is 0 Å². The summed E-state index contributed by atoms with van der Waals surface area (Å²) in [6.45, 7) is 2.58. The fourth-order valence-corrected chi connectivity index (χ4v) is 3.89. The molecular weight excluding hydrogens is 459 g/mol. The van der Waals surface area contributed by atoms with Gasteiger partial charge in [-0.15, -0.1) is 0 Å². The standard InChI is InChI=1S/C24H17F5N2O3/c1-11-4-3-5-16(24(27,28)29)15(11)10-31-18-7-6-12(2)21(26)20(18)22(30-31)13-9-19(32)14(23(33)34)8-17(13)25/h3-9,32H,10H2,1-2H3,(H,33,34). The molecule has 1 heterocycles. The first-order valence-electron chi connectivity index (χ1n) is 9.97. The van der Waals surface area contributed by atoms with E-state index in [4.69, 9.17) is 5.11 Å². The number of carbonyl (C=O) groups is 1. The number of phenols is 1. The molecule has 10 heteroatoms. The molecule has 176 valence electrons. The lowest BCUT2D eigenvalue weighted by molar-refractivity contribution is -0.138. The number of aryl methyl sites for hydroxylation is 2. The minimum absolute atomic E-state index is 0.0866. The number of halogens is 5. The van der Waals surface area contributed by atoms with Gasteiger partial charge in [0.1, 0.15) is 28.6 Å². The maximum absolute atomic E-state index is 15.2. The number of benzene rings is 3. The molecule has 4 aromatic rings. The molecule has 0 spiro atoms. The zero-order valence-corrected chi connectivity index (χ0v) is 17.8. The summed E-state index contributed by atoms with van der Waals surface area (Å²) >= 11 is 0. The van der Waals surface area contributed by atoms with Crippen molar-refractivity contribution in [1.82, 2.24) is 9.78 Å². The van der Waals surface area contributed by atoms with Gasteiger partial charge in [0, 0.05) is 5.56 Å². The number of hydrogen-bond acceptors (Lipinski definition) is 3. The molecule has 34 heavy (non-hydrogen) atoms. The van der Waals surface area contributed by atoms with Crippen LogP contribution in [-0.2, 0) is 12.7 Å². The van der Waals surface area contributed by atoms with Crippen molar-refractivity contribution >= 4 is 16.9 Å². The number of aromatic carboxylic acids is 1. The van der Waals surface area contributed by atoms with Crippen LogP contribution in [-0.4, -0.2) is 26.0 Å². The Hall–Kier alpha value is -3.95. The van der Waals surface area contributed by atoms with E-state index >= 15 is 4.39 Å². The van der Waals surface area contributed by atoms with Gasteiger partial charge < -0.3 is 10.2 Å². The Balaban J connectivity index is 1.98. The number of carboxylic acids is 1. The van der Waals surface area contributed by atoms with Crippen molar-refractivity contribution in [3.8, 4) is 17.0 Å². The predicted octanol–water partition coefficient (Wildman–Crippen LogP) is 6.07. The Morgan fingerprint density at radius 1 is 1.06 bits per heavy atom. The second kappa shape index (κ2) is 8.12. The Morgan fingerprint density at radius 2 is 1.76 bits per heavy atom. The molecule has 0 radical (unpaired) electrons. The summed E-state index contributed by atoms with van der Waals surface area (Å²) in [5.74, 6) is -4.19. The van der Waals surface area contributed by atoms with E-state index in [0.717, 1.165) is 16.8 Å². The van der Waals surface area contributed by atoms with Crippen molar-refractivity contribution in [2.45, 2.75) is 26.6 Å². The molecule has 0 amide bonds. The van der Waals surface area contributed by atoms with E-state index in [1.165, 1.54) is 38.1 Å². The summed E-state index contributed by atoms with van der Waals surface area (Å²) in [5.41, 5.74) is -1.70. The van der Waals surface area contributed by atoms with E-state index in [-0.39, 0.29) is 34.3 Å². The third-order valence-electron chi connectivity index (χ3n) is 5.64. The molecule has 0 bridgehead atoms. The van der Waals surface area contributed by atoms with E-state index in [0.29, 0.717) is 11.6 Å². The highest BCUT2D eigenvalue weighted by molar-refractivity contribution is 5.97.